The van der Waals surface area contributed by atoms with Gasteiger partial charge >= 0.3 is 0 Å². The zero-order chi connectivity index (χ0) is 50.6. The molecule has 0 fully saturated rings. The summed E-state index contributed by atoms with van der Waals surface area (Å²) in [5.74, 6) is 1.08. The third-order valence-electron chi connectivity index (χ3n) is 11.3. The Morgan fingerprint density at radius 2 is 1.03 bits per heavy atom. The van der Waals surface area contributed by atoms with Crippen LogP contribution in [0.5, 0.6) is 11.5 Å². The largest absolute Gasteiger partial charge is 0.496 e. The van der Waals surface area contributed by atoms with Crippen LogP contribution in [0.3, 0.4) is 0 Å². The Bertz CT molecular complexity index is 2820. The van der Waals surface area contributed by atoms with Crippen LogP contribution < -0.4 is 9.47 Å². The number of imidazole rings is 2. The molecule has 15 nitrogen and oxygen atoms in total. The molecule has 4 aromatic heterocycles. The van der Waals surface area contributed by atoms with Gasteiger partial charge in [0.15, 0.2) is 28.8 Å². The third kappa shape index (κ3) is 12.7. The number of methoxy groups -OCH3 is 2. The van der Waals surface area contributed by atoms with Crippen molar-refractivity contribution in [3.05, 3.63) is 103 Å². The molecule has 0 bridgehead atoms. The number of carbonyl (C=O) groups excluding carboxylic acids is 3. The average molecular weight is 1140 g/mol. The van der Waals surface area contributed by atoms with E-state index >= 15 is 0 Å². The molecule has 0 atom stereocenters. The fourth-order valence-electron chi connectivity index (χ4n) is 7.42. The number of amides is 2. The number of carbonyl (C=O) groups is 5. The summed E-state index contributed by atoms with van der Waals surface area (Å²) in [7, 11) is 6.91. The molecule has 372 valence electrons. The van der Waals surface area contributed by atoms with Crippen molar-refractivity contribution in [1.29, 1.82) is 0 Å². The van der Waals surface area contributed by atoms with Crippen molar-refractivity contribution in [3.63, 3.8) is 0 Å². The predicted octanol–water partition coefficient (Wildman–Crippen LogP) is 10.3. The molecule has 6 aromatic rings. The molecular weight excluding hydrogens is 1080 g/mol. The van der Waals surface area contributed by atoms with E-state index in [1.54, 1.807) is 46.7 Å². The fourth-order valence-corrected chi connectivity index (χ4v) is 9.32. The number of fused-ring (bicyclic) bond motifs is 6. The number of halogens is 1. The topological polar surface area (TPSA) is 186 Å². The summed E-state index contributed by atoms with van der Waals surface area (Å²) in [6.45, 7) is 15.8. The molecular formula is C50H59BrN6O9PdS2. The number of rotatable bonds is 7. The molecule has 8 rings (SSSR count). The van der Waals surface area contributed by atoms with Crippen molar-refractivity contribution in [3.8, 4) is 44.3 Å². The van der Waals surface area contributed by atoms with Crippen molar-refractivity contribution in [2.45, 2.75) is 99.1 Å². The first-order valence-corrected chi connectivity index (χ1v) is 24.2. The van der Waals surface area contributed by atoms with Crippen molar-refractivity contribution in [2.75, 3.05) is 28.3 Å². The number of hydrogen-bond donors (Lipinski definition) is 2. The van der Waals surface area contributed by atoms with Crippen molar-refractivity contribution >= 4 is 68.1 Å². The van der Waals surface area contributed by atoms with Crippen LogP contribution in [-0.4, -0.2) is 108 Å². The van der Waals surface area contributed by atoms with E-state index in [-0.39, 0.29) is 49.1 Å². The van der Waals surface area contributed by atoms with Gasteiger partial charge in [0.1, 0.15) is 11.5 Å². The molecule has 2 aliphatic heterocycles. The molecule has 2 aliphatic rings. The second-order valence-corrected chi connectivity index (χ2v) is 20.8. The smallest absolute Gasteiger partial charge is 0.300 e. The molecule has 0 unspecified atom stereocenters. The maximum absolute atomic E-state index is 13.4. The maximum Gasteiger partial charge on any atom is 0.300 e. The standard InChI is InChI=1S/C24H27N3O3S.C22H24BrN3O2S.2C2H4O2.Pd/c1-14(28)16-13-18-15(12-19(16)30-6)9-10-17-21(23(29)26(5)24(2,3)4)25-22(27(17)18)20-8-7-11-31-20;1-22(2,3)25(4)21(27)19-15-9-8-13-11-17(28-5)14(23)12-16(13)26(15)20(24-19)18-7-6-10-29-18;2*1-2(3)4;/h7-8,11-13H,9-10H2,1-6H3;6-7,10-12H,8-9H2,1-5H3;2*1H3,(H,3,4);. The second-order valence-electron chi connectivity index (χ2n) is 18.0. The number of benzene rings is 2. The molecule has 0 saturated carbocycles. The van der Waals surface area contributed by atoms with Crippen LogP contribution >= 0.6 is 38.6 Å². The molecule has 0 radical (unpaired) electrons. The minimum Gasteiger partial charge on any atom is -0.496 e. The van der Waals surface area contributed by atoms with Crippen LogP contribution in [0.25, 0.3) is 32.8 Å². The van der Waals surface area contributed by atoms with Crippen LogP contribution in [0, 0.1) is 0 Å². The van der Waals surface area contributed by atoms with Gasteiger partial charge in [-0.2, -0.15) is 0 Å². The van der Waals surface area contributed by atoms with Crippen molar-refractivity contribution < 1.29 is 64.1 Å². The summed E-state index contributed by atoms with van der Waals surface area (Å²) >= 11 is 6.82. The van der Waals surface area contributed by atoms with Crippen LogP contribution in [0.15, 0.2) is 63.8 Å². The molecule has 2 N–H and O–H groups in total. The van der Waals surface area contributed by atoms with Crippen molar-refractivity contribution in [2.24, 2.45) is 0 Å². The van der Waals surface area contributed by atoms with Crippen LogP contribution in [-0.2, 0) is 55.7 Å². The number of hydrogen-bond acceptors (Lipinski definition) is 11. The van der Waals surface area contributed by atoms with E-state index in [0.29, 0.717) is 29.1 Å². The number of carboxylic acid groups (broad SMARTS) is 2. The van der Waals surface area contributed by atoms with E-state index < -0.39 is 11.9 Å². The molecule has 2 aromatic carbocycles. The summed E-state index contributed by atoms with van der Waals surface area (Å²) in [6.07, 6.45) is 3.04. The second kappa shape index (κ2) is 23.0. The summed E-state index contributed by atoms with van der Waals surface area (Å²) in [4.78, 5) is 72.3. The molecule has 6 heterocycles. The van der Waals surface area contributed by atoms with Gasteiger partial charge < -0.3 is 29.5 Å². The van der Waals surface area contributed by atoms with Crippen molar-refractivity contribution in [1.82, 2.24) is 28.9 Å². The molecule has 0 spiro atoms. The van der Waals surface area contributed by atoms with Gasteiger partial charge in [0.05, 0.1) is 56.8 Å². The fraction of sp³-hybridized carbons (Fsp3) is 0.380. The Morgan fingerprint density at radius 3 is 1.36 bits per heavy atom. The van der Waals surface area contributed by atoms with Gasteiger partial charge in [-0.1, -0.05) is 12.1 Å². The third-order valence-corrected chi connectivity index (χ3v) is 13.7. The summed E-state index contributed by atoms with van der Waals surface area (Å²) in [6, 6.07) is 16.0. The van der Waals surface area contributed by atoms with Gasteiger partial charge in [-0.3, -0.25) is 33.1 Å². The zero-order valence-corrected chi connectivity index (χ0v) is 45.8. The Kier molecular flexibility index (Phi) is 18.7. The minimum atomic E-state index is -0.833. The predicted molar refractivity (Wildman–Crippen MR) is 270 cm³/mol. The van der Waals surface area contributed by atoms with E-state index in [4.69, 9.17) is 39.2 Å². The van der Waals surface area contributed by atoms with Gasteiger partial charge in [-0.15, -0.1) is 22.7 Å². The number of ketones is 1. The summed E-state index contributed by atoms with van der Waals surface area (Å²) in [5.41, 5.74) is 7.01. The molecule has 69 heavy (non-hydrogen) atoms. The Labute approximate surface area is 433 Å². The van der Waals surface area contributed by atoms with Gasteiger partial charge in [0.25, 0.3) is 23.8 Å². The van der Waals surface area contributed by atoms with E-state index in [9.17, 15) is 14.4 Å². The normalized spacial score (nSPS) is 12.0. The van der Waals surface area contributed by atoms with Crippen LogP contribution in [0.1, 0.15) is 116 Å². The number of aryl methyl sites for hydroxylation is 2. The molecule has 0 aliphatic carbocycles. The Hall–Kier alpha value is -5.45. The van der Waals surface area contributed by atoms with Gasteiger partial charge in [-0.05, 0) is 148 Å². The number of aromatic nitrogens is 4. The van der Waals surface area contributed by atoms with Crippen LogP contribution in [0.4, 0.5) is 0 Å². The summed E-state index contributed by atoms with van der Waals surface area (Å²) < 4.78 is 16.0. The van der Waals surface area contributed by atoms with Crippen LogP contribution in [0.2, 0.25) is 0 Å². The number of ether oxygens (including phenoxy) is 2. The quantitative estimate of drug-likeness (QED) is 0.114. The summed E-state index contributed by atoms with van der Waals surface area (Å²) in [5, 5.41) is 18.9. The zero-order valence-electron chi connectivity index (χ0n) is 41.0. The van der Waals surface area contributed by atoms with E-state index in [0.717, 1.165) is 93.1 Å². The average Bonchev–Trinajstić information content (AvgIpc) is 4.10. The number of thiophene rings is 2. The first-order valence-electron chi connectivity index (χ1n) is 21.7. The van der Waals surface area contributed by atoms with E-state index in [1.165, 1.54) is 12.5 Å². The molecule has 19 heteroatoms. The van der Waals surface area contributed by atoms with Gasteiger partial charge in [0.2, 0.25) is 0 Å². The molecule has 2 amide bonds. The Balaban J connectivity index is 0.000000257. The SMILES string of the molecule is CC(=O)O.CC(=O)O.COc1cc2c(cc1Br)-n1c(-c3cccs3)nc(C(=O)N(C)C(C)(C)C)c1CC2.COc1cc2c(cc1C(C)=O)-n1c(-c3cccs3)nc(C(=O)N(C)C(C)(C)C)c1CC2.[Pd]. The maximum atomic E-state index is 13.4. The minimum absolute atomic E-state index is 0. The molecule has 0 saturated heterocycles. The number of Topliss-reactive ketones (excluding diaryl/α,β-unsaturated/α-hetero) is 1. The monoisotopic (exact) mass is 1140 g/mol. The van der Waals surface area contributed by atoms with Gasteiger partial charge in [-0.25, -0.2) is 9.97 Å². The first-order chi connectivity index (χ1) is 31.8. The van der Waals surface area contributed by atoms with E-state index in [1.807, 2.05) is 96.7 Å². The Morgan fingerprint density at radius 1 is 0.652 bits per heavy atom. The number of nitrogens with zero attached hydrogens (tertiary/aromatic N) is 6. The number of aliphatic carboxylic acids is 2. The van der Waals surface area contributed by atoms with E-state index in [2.05, 4.69) is 43.3 Å². The first kappa shape index (κ1) is 56.1. The number of carboxylic acids is 2. The van der Waals surface area contributed by atoms with Gasteiger partial charge in [0, 0.05) is 59.4 Å².